The van der Waals surface area contributed by atoms with Crippen LogP contribution in [0.25, 0.3) is 0 Å². The Morgan fingerprint density at radius 1 is 1.47 bits per heavy atom. The van der Waals surface area contributed by atoms with Crippen molar-refractivity contribution in [2.75, 3.05) is 26.2 Å². The molecule has 4 aliphatic heterocycles. The van der Waals surface area contributed by atoms with Crippen LogP contribution in [-0.2, 0) is 19.1 Å². The van der Waals surface area contributed by atoms with E-state index in [2.05, 4.69) is 4.90 Å². The molecule has 4 rings (SSSR count). The quantitative estimate of drug-likeness (QED) is 0.542. The third kappa shape index (κ3) is 1.82. The molecule has 4 aliphatic rings. The molecule has 4 heterocycles. The number of esters is 1. The lowest BCUT2D eigenvalue weighted by Gasteiger charge is -2.52. The minimum atomic E-state index is -0.726. The number of Topliss-reactive ketones (excluding diaryl/α,β-unsaturated/α-hetero) is 1. The largest absolute Gasteiger partial charge is 0.465 e. The summed E-state index contributed by atoms with van der Waals surface area (Å²) in [6.07, 6.45) is 1.53. The maximum Gasteiger partial charge on any atom is 0.319 e. The summed E-state index contributed by atoms with van der Waals surface area (Å²) in [5.74, 6) is -0.922. The summed E-state index contributed by atoms with van der Waals surface area (Å²) in [6.45, 7) is 6.62. The summed E-state index contributed by atoms with van der Waals surface area (Å²) in [7, 11) is 0. The lowest BCUT2D eigenvalue weighted by Crippen LogP contribution is -2.63. The monoisotopic (exact) mass is 267 g/mol. The predicted molar refractivity (Wildman–Crippen MR) is 67.6 cm³/mol. The van der Waals surface area contributed by atoms with Gasteiger partial charge in [0, 0.05) is 6.54 Å². The molecule has 4 saturated heterocycles. The fraction of sp³-hybridized carbons (Fsp3) is 0.857. The summed E-state index contributed by atoms with van der Waals surface area (Å²) >= 11 is 0. The molecular formula is C14H21NO4. The van der Waals surface area contributed by atoms with Crippen LogP contribution in [0.3, 0.4) is 0 Å². The third-order valence-electron chi connectivity index (χ3n) is 4.84. The van der Waals surface area contributed by atoms with Gasteiger partial charge in [-0.2, -0.15) is 0 Å². The number of ether oxygens (including phenoxy) is 2. The number of hydrogen-bond donors (Lipinski definition) is 0. The van der Waals surface area contributed by atoms with Crippen molar-refractivity contribution in [1.29, 1.82) is 0 Å². The molecule has 0 saturated carbocycles. The van der Waals surface area contributed by atoms with Crippen molar-refractivity contribution in [2.24, 2.45) is 11.8 Å². The van der Waals surface area contributed by atoms with Crippen LogP contribution in [0.15, 0.2) is 0 Å². The number of piperidine rings is 3. The Hall–Kier alpha value is -0.940. The molecule has 0 radical (unpaired) electrons. The van der Waals surface area contributed by atoms with Crippen LogP contribution in [0.5, 0.6) is 0 Å². The molecule has 19 heavy (non-hydrogen) atoms. The lowest BCUT2D eigenvalue weighted by atomic mass is 9.68. The average molecular weight is 267 g/mol. The van der Waals surface area contributed by atoms with E-state index < -0.39 is 23.6 Å². The smallest absolute Gasteiger partial charge is 0.319 e. The van der Waals surface area contributed by atoms with Gasteiger partial charge < -0.3 is 14.4 Å². The van der Waals surface area contributed by atoms with E-state index in [-0.39, 0.29) is 5.78 Å². The standard InChI is InChI=1S/C14H21NO4/c1-3-18-13(17)11-12(16)9(2)19-14(11)8-15-6-4-10(14)5-7-15/h9-11H,3-8H2,1-2H3/t9?,11?,14-/m0/s1. The summed E-state index contributed by atoms with van der Waals surface area (Å²) in [5, 5.41) is 0. The fourth-order valence-electron chi connectivity index (χ4n) is 3.99. The molecular weight excluding hydrogens is 246 g/mol. The van der Waals surface area contributed by atoms with Crippen molar-refractivity contribution < 1.29 is 19.1 Å². The number of rotatable bonds is 2. The zero-order valence-corrected chi connectivity index (χ0v) is 11.6. The van der Waals surface area contributed by atoms with Crippen molar-refractivity contribution in [3.63, 3.8) is 0 Å². The molecule has 106 valence electrons. The Kier molecular flexibility index (Phi) is 3.14. The zero-order chi connectivity index (χ0) is 13.6. The molecule has 5 nitrogen and oxygen atoms in total. The Morgan fingerprint density at radius 3 is 2.68 bits per heavy atom. The molecule has 3 atom stereocenters. The summed E-state index contributed by atoms with van der Waals surface area (Å²) < 4.78 is 11.1. The summed E-state index contributed by atoms with van der Waals surface area (Å²) in [6, 6.07) is 0. The SMILES string of the molecule is CCOC(=O)C1C(=O)C(C)O[C@]12CN1CCC2CC1. The van der Waals surface area contributed by atoms with Crippen molar-refractivity contribution >= 4 is 11.8 Å². The van der Waals surface area contributed by atoms with E-state index in [1.54, 1.807) is 13.8 Å². The minimum Gasteiger partial charge on any atom is -0.465 e. The van der Waals surface area contributed by atoms with Crippen LogP contribution in [-0.4, -0.2) is 54.6 Å². The fourth-order valence-corrected chi connectivity index (χ4v) is 3.99. The molecule has 0 aromatic rings. The second-order valence-corrected chi connectivity index (χ2v) is 5.85. The van der Waals surface area contributed by atoms with E-state index in [0.717, 1.165) is 25.9 Å². The molecule has 5 heteroatoms. The van der Waals surface area contributed by atoms with Gasteiger partial charge in [0.25, 0.3) is 0 Å². The van der Waals surface area contributed by atoms with Crippen LogP contribution in [0.4, 0.5) is 0 Å². The van der Waals surface area contributed by atoms with E-state index >= 15 is 0 Å². The average Bonchev–Trinajstić information content (AvgIpc) is 2.62. The molecule has 2 unspecified atom stereocenters. The van der Waals surface area contributed by atoms with Gasteiger partial charge in [-0.05, 0) is 45.7 Å². The van der Waals surface area contributed by atoms with Gasteiger partial charge in [-0.15, -0.1) is 0 Å². The number of hydrogen-bond acceptors (Lipinski definition) is 5. The Labute approximate surface area is 113 Å². The van der Waals surface area contributed by atoms with Crippen molar-refractivity contribution in [3.05, 3.63) is 0 Å². The molecule has 0 aromatic carbocycles. The lowest BCUT2D eigenvalue weighted by molar-refractivity contribution is -0.179. The van der Waals surface area contributed by atoms with Gasteiger partial charge in [0.15, 0.2) is 5.78 Å². The number of nitrogens with zero attached hydrogens (tertiary/aromatic N) is 1. The van der Waals surface area contributed by atoms with Crippen LogP contribution < -0.4 is 0 Å². The van der Waals surface area contributed by atoms with E-state index in [1.807, 2.05) is 0 Å². The Bertz CT molecular complexity index is 402. The molecule has 1 spiro atoms. The highest BCUT2D eigenvalue weighted by atomic mass is 16.6. The highest BCUT2D eigenvalue weighted by Crippen LogP contribution is 2.48. The normalized spacial score (nSPS) is 44.8. The Morgan fingerprint density at radius 2 is 2.16 bits per heavy atom. The second-order valence-electron chi connectivity index (χ2n) is 5.85. The van der Waals surface area contributed by atoms with Crippen LogP contribution in [0.2, 0.25) is 0 Å². The van der Waals surface area contributed by atoms with E-state index in [4.69, 9.17) is 9.47 Å². The first-order valence-corrected chi connectivity index (χ1v) is 7.19. The highest BCUT2D eigenvalue weighted by molar-refractivity contribution is 6.04. The van der Waals surface area contributed by atoms with Crippen molar-refractivity contribution in [1.82, 2.24) is 4.90 Å². The minimum absolute atomic E-state index is 0.104. The van der Waals surface area contributed by atoms with E-state index in [1.165, 1.54) is 0 Å². The van der Waals surface area contributed by atoms with Crippen LogP contribution in [0, 0.1) is 11.8 Å². The van der Waals surface area contributed by atoms with E-state index in [0.29, 0.717) is 19.1 Å². The van der Waals surface area contributed by atoms with Gasteiger partial charge in [-0.25, -0.2) is 0 Å². The number of carbonyl (C=O) groups excluding carboxylic acids is 2. The first-order chi connectivity index (χ1) is 9.08. The van der Waals surface area contributed by atoms with Gasteiger partial charge in [-0.1, -0.05) is 0 Å². The van der Waals surface area contributed by atoms with E-state index in [9.17, 15) is 9.59 Å². The molecule has 4 fully saturated rings. The van der Waals surface area contributed by atoms with Gasteiger partial charge >= 0.3 is 5.97 Å². The third-order valence-corrected chi connectivity index (χ3v) is 4.84. The molecule has 0 aliphatic carbocycles. The summed E-state index contributed by atoms with van der Waals surface area (Å²) in [4.78, 5) is 26.8. The Balaban J connectivity index is 1.94. The zero-order valence-electron chi connectivity index (χ0n) is 11.6. The van der Waals surface area contributed by atoms with Crippen LogP contribution >= 0.6 is 0 Å². The summed E-state index contributed by atoms with van der Waals surface area (Å²) in [5.41, 5.74) is -0.626. The molecule has 0 N–H and O–H groups in total. The van der Waals surface area contributed by atoms with Gasteiger partial charge in [-0.3, -0.25) is 9.59 Å². The van der Waals surface area contributed by atoms with Gasteiger partial charge in [0.05, 0.1) is 6.61 Å². The van der Waals surface area contributed by atoms with Gasteiger partial charge in [0.1, 0.15) is 17.6 Å². The molecule has 0 aromatic heterocycles. The number of fused-ring (bicyclic) bond motifs is 2. The van der Waals surface area contributed by atoms with Crippen LogP contribution in [0.1, 0.15) is 26.7 Å². The maximum absolute atomic E-state index is 12.3. The van der Waals surface area contributed by atoms with Gasteiger partial charge in [0.2, 0.25) is 0 Å². The topological polar surface area (TPSA) is 55.8 Å². The first-order valence-electron chi connectivity index (χ1n) is 7.19. The highest BCUT2D eigenvalue weighted by Gasteiger charge is 2.63. The number of ketones is 1. The molecule has 0 amide bonds. The molecule has 2 bridgehead atoms. The second kappa shape index (κ2) is 4.56. The number of carbonyl (C=O) groups is 2. The first kappa shape index (κ1) is 13.1. The maximum atomic E-state index is 12.3. The van der Waals surface area contributed by atoms with Crippen molar-refractivity contribution in [3.8, 4) is 0 Å². The van der Waals surface area contributed by atoms with Crippen molar-refractivity contribution in [2.45, 2.75) is 38.4 Å². The predicted octanol–water partition coefficient (Wildman–Crippen LogP) is 0.618.